The molecule has 0 atom stereocenters. The molecule has 0 unspecified atom stereocenters. The van der Waals surface area contributed by atoms with E-state index >= 15 is 0 Å². The average Bonchev–Trinajstić information content (AvgIpc) is 3.18. The molecule has 0 saturated carbocycles. The van der Waals surface area contributed by atoms with Gasteiger partial charge in [-0.1, -0.05) is 35.5 Å². The Morgan fingerprint density at radius 1 is 1.04 bits per heavy atom. The van der Waals surface area contributed by atoms with Gasteiger partial charge in [0.1, 0.15) is 11.5 Å². The predicted octanol–water partition coefficient (Wildman–Crippen LogP) is 2.54. The largest absolute Gasteiger partial charge is 0.381 e. The summed E-state index contributed by atoms with van der Waals surface area (Å²) in [7, 11) is 0. The fraction of sp³-hybridized carbons (Fsp3) is 0.500. The third kappa shape index (κ3) is 3.52. The van der Waals surface area contributed by atoms with Crippen LogP contribution in [0.4, 0.5) is 0 Å². The highest BCUT2D eigenvalue weighted by Crippen LogP contribution is 2.37. The molecule has 26 heavy (non-hydrogen) atoms. The van der Waals surface area contributed by atoms with E-state index in [-0.39, 0.29) is 5.91 Å². The van der Waals surface area contributed by atoms with Crippen molar-refractivity contribution in [1.29, 1.82) is 0 Å². The minimum Gasteiger partial charge on any atom is -0.381 e. The number of ether oxygens (including phenoxy) is 2. The van der Waals surface area contributed by atoms with Crippen molar-refractivity contribution in [3.8, 4) is 11.3 Å². The number of aromatic nitrogens is 1. The minimum atomic E-state index is -0.469. The number of amides is 1. The lowest BCUT2D eigenvalue weighted by molar-refractivity contribution is -0.152. The van der Waals surface area contributed by atoms with Crippen LogP contribution in [-0.2, 0) is 20.7 Å². The number of carbonyl (C=O) groups excluding carboxylic acids is 1. The molecule has 1 aromatic carbocycles. The second-order valence-electron chi connectivity index (χ2n) is 7.02. The van der Waals surface area contributed by atoms with Crippen LogP contribution in [0.1, 0.15) is 18.6 Å². The Labute approximate surface area is 153 Å². The highest BCUT2D eigenvalue weighted by Gasteiger charge is 2.43. The van der Waals surface area contributed by atoms with Crippen LogP contribution in [0.2, 0.25) is 0 Å². The topological polar surface area (TPSA) is 64.8 Å². The first-order valence-electron chi connectivity index (χ1n) is 9.23. The number of nitrogens with zero attached hydrogens (tertiary/aromatic N) is 2. The molecule has 6 nitrogen and oxygen atoms in total. The molecule has 138 valence electrons. The number of hydrogen-bond acceptors (Lipinski definition) is 5. The molecule has 6 heteroatoms. The lowest BCUT2D eigenvalue weighted by Crippen LogP contribution is -2.51. The number of morpholine rings is 1. The van der Waals surface area contributed by atoms with Crippen molar-refractivity contribution in [3.63, 3.8) is 0 Å². The summed E-state index contributed by atoms with van der Waals surface area (Å²) in [5.74, 6) is 0.953. The molecule has 4 rings (SSSR count). The van der Waals surface area contributed by atoms with Gasteiger partial charge in [-0.15, -0.1) is 0 Å². The van der Waals surface area contributed by atoms with Gasteiger partial charge in [-0.05, 0) is 12.8 Å². The van der Waals surface area contributed by atoms with E-state index in [9.17, 15) is 4.79 Å². The Morgan fingerprint density at radius 3 is 2.46 bits per heavy atom. The van der Waals surface area contributed by atoms with Gasteiger partial charge in [0.25, 0.3) is 0 Å². The van der Waals surface area contributed by atoms with Gasteiger partial charge in [0.15, 0.2) is 0 Å². The molecule has 2 aromatic rings. The Bertz CT molecular complexity index is 731. The van der Waals surface area contributed by atoms with Gasteiger partial charge in [0, 0.05) is 44.4 Å². The van der Waals surface area contributed by atoms with E-state index in [0.717, 1.165) is 17.0 Å². The number of hydrogen-bond donors (Lipinski definition) is 0. The first-order valence-corrected chi connectivity index (χ1v) is 9.23. The SMILES string of the molecule is O=C(N1CCOCC1)C1(Cc2cc(-c3ccccc3)no2)CCOCC1. The molecule has 1 amide bonds. The summed E-state index contributed by atoms with van der Waals surface area (Å²) in [4.78, 5) is 15.2. The van der Waals surface area contributed by atoms with Gasteiger partial charge in [-0.2, -0.15) is 0 Å². The predicted molar refractivity (Wildman–Crippen MR) is 95.5 cm³/mol. The molecule has 2 fully saturated rings. The summed E-state index contributed by atoms with van der Waals surface area (Å²) in [5, 5.41) is 4.20. The standard InChI is InChI=1S/C20H24N2O4/c23-19(22-8-12-25-13-9-22)20(6-10-24-11-7-20)15-17-14-18(21-26-17)16-4-2-1-3-5-16/h1-5,14H,6-13,15H2. The molecular formula is C20H24N2O4. The van der Waals surface area contributed by atoms with Gasteiger partial charge in [-0.25, -0.2) is 0 Å². The van der Waals surface area contributed by atoms with E-state index in [0.29, 0.717) is 58.8 Å². The van der Waals surface area contributed by atoms with E-state index < -0.39 is 5.41 Å². The molecule has 0 spiro atoms. The van der Waals surface area contributed by atoms with Crippen LogP contribution >= 0.6 is 0 Å². The minimum absolute atomic E-state index is 0.196. The van der Waals surface area contributed by atoms with E-state index in [2.05, 4.69) is 5.16 Å². The zero-order chi connectivity index (χ0) is 17.8. The van der Waals surface area contributed by atoms with Crippen molar-refractivity contribution in [1.82, 2.24) is 10.1 Å². The van der Waals surface area contributed by atoms with Crippen molar-refractivity contribution in [2.75, 3.05) is 39.5 Å². The van der Waals surface area contributed by atoms with Crippen LogP contribution in [0.3, 0.4) is 0 Å². The first-order chi connectivity index (χ1) is 12.8. The molecule has 2 saturated heterocycles. The molecule has 0 radical (unpaired) electrons. The van der Waals surface area contributed by atoms with Gasteiger partial charge >= 0.3 is 0 Å². The summed E-state index contributed by atoms with van der Waals surface area (Å²) < 4.78 is 16.5. The van der Waals surface area contributed by atoms with E-state index in [1.165, 1.54) is 0 Å². The van der Waals surface area contributed by atoms with E-state index in [4.69, 9.17) is 14.0 Å². The second kappa shape index (κ2) is 7.60. The Balaban J connectivity index is 1.55. The zero-order valence-electron chi connectivity index (χ0n) is 14.9. The Hall–Kier alpha value is -2.18. The lowest BCUT2D eigenvalue weighted by atomic mass is 9.75. The van der Waals surface area contributed by atoms with Crippen LogP contribution in [0.25, 0.3) is 11.3 Å². The number of carbonyl (C=O) groups is 1. The highest BCUT2D eigenvalue weighted by molar-refractivity contribution is 5.83. The molecule has 2 aliphatic rings. The first kappa shape index (κ1) is 17.2. The normalized spacial score (nSPS) is 20.1. The maximum Gasteiger partial charge on any atom is 0.229 e. The van der Waals surface area contributed by atoms with E-state index in [1.54, 1.807) is 0 Å². The van der Waals surface area contributed by atoms with Gasteiger partial charge in [0.05, 0.1) is 18.6 Å². The van der Waals surface area contributed by atoms with Crippen LogP contribution in [0.5, 0.6) is 0 Å². The highest BCUT2D eigenvalue weighted by atomic mass is 16.5. The van der Waals surface area contributed by atoms with Crippen LogP contribution in [0.15, 0.2) is 40.9 Å². The fourth-order valence-corrected chi connectivity index (χ4v) is 3.81. The van der Waals surface area contributed by atoms with Crippen molar-refractivity contribution < 1.29 is 18.8 Å². The van der Waals surface area contributed by atoms with Gasteiger partial charge < -0.3 is 18.9 Å². The maximum atomic E-state index is 13.3. The number of benzene rings is 1. The Morgan fingerprint density at radius 2 is 1.73 bits per heavy atom. The number of rotatable bonds is 4. The van der Waals surface area contributed by atoms with E-state index in [1.807, 2.05) is 41.3 Å². The lowest BCUT2D eigenvalue weighted by Gasteiger charge is -2.40. The van der Waals surface area contributed by atoms with Crippen molar-refractivity contribution in [2.24, 2.45) is 5.41 Å². The molecule has 3 heterocycles. The monoisotopic (exact) mass is 356 g/mol. The van der Waals surface area contributed by atoms with Crippen molar-refractivity contribution >= 4 is 5.91 Å². The third-order valence-electron chi connectivity index (χ3n) is 5.34. The summed E-state index contributed by atoms with van der Waals surface area (Å²) >= 11 is 0. The molecule has 0 bridgehead atoms. The second-order valence-corrected chi connectivity index (χ2v) is 7.02. The smallest absolute Gasteiger partial charge is 0.229 e. The quantitative estimate of drug-likeness (QED) is 0.842. The molecule has 1 aromatic heterocycles. The van der Waals surface area contributed by atoms with Crippen molar-refractivity contribution in [3.05, 3.63) is 42.2 Å². The summed E-state index contributed by atoms with van der Waals surface area (Å²) in [6, 6.07) is 11.9. The summed E-state index contributed by atoms with van der Waals surface area (Å²) in [6.45, 7) is 3.75. The molecule has 0 aliphatic carbocycles. The maximum absolute atomic E-state index is 13.3. The summed E-state index contributed by atoms with van der Waals surface area (Å²) in [5.41, 5.74) is 1.35. The fourth-order valence-electron chi connectivity index (χ4n) is 3.81. The zero-order valence-corrected chi connectivity index (χ0v) is 14.9. The summed E-state index contributed by atoms with van der Waals surface area (Å²) in [6.07, 6.45) is 1.99. The van der Waals surface area contributed by atoms with Gasteiger partial charge in [-0.3, -0.25) is 4.79 Å². The van der Waals surface area contributed by atoms with Gasteiger partial charge in [0.2, 0.25) is 5.91 Å². The Kier molecular flexibility index (Phi) is 5.04. The average molecular weight is 356 g/mol. The molecular weight excluding hydrogens is 332 g/mol. The molecule has 2 aliphatic heterocycles. The van der Waals surface area contributed by atoms with Crippen molar-refractivity contribution in [2.45, 2.75) is 19.3 Å². The van der Waals surface area contributed by atoms with Crippen LogP contribution in [0, 0.1) is 5.41 Å². The molecule has 0 N–H and O–H groups in total. The third-order valence-corrected chi connectivity index (χ3v) is 5.34. The van der Waals surface area contributed by atoms with Crippen LogP contribution in [-0.4, -0.2) is 55.5 Å². The van der Waals surface area contributed by atoms with Crippen LogP contribution < -0.4 is 0 Å².